The summed E-state index contributed by atoms with van der Waals surface area (Å²) in [5.41, 5.74) is 0.635. The lowest BCUT2D eigenvalue weighted by atomic mass is 9.95. The molecule has 0 aliphatic carbocycles. The van der Waals surface area contributed by atoms with Crippen LogP contribution in [0.1, 0.15) is 37.9 Å². The zero-order valence-corrected chi connectivity index (χ0v) is 21.3. The highest BCUT2D eigenvalue weighted by Gasteiger charge is 2.38. The molecule has 0 fully saturated rings. The molecule has 2 amide bonds. The summed E-state index contributed by atoms with van der Waals surface area (Å²) in [6.45, 7) is 4.55. The Balaban J connectivity index is 1.84. The largest absolute Gasteiger partial charge is 0.463 e. The number of nitro groups is 1. The van der Waals surface area contributed by atoms with Gasteiger partial charge in [-0.15, -0.1) is 0 Å². The van der Waals surface area contributed by atoms with Crippen molar-refractivity contribution in [2.45, 2.75) is 26.8 Å². The van der Waals surface area contributed by atoms with Crippen molar-refractivity contribution in [3.8, 4) is 0 Å². The Labute approximate surface area is 218 Å². The van der Waals surface area contributed by atoms with Gasteiger partial charge in [-0.05, 0) is 25.5 Å². The fraction of sp³-hybridized carbons (Fsp3) is 0.192. The number of fused-ring (bicyclic) bond motifs is 2. The zero-order chi connectivity index (χ0) is 27.3. The SMILES string of the molecule is CCOC(=O)C1=C(C)N=c2s/c(=C3\C(=O)N(C(C)=O)c4ccccc43)c(=O)n2[C@@H]1c1cccc([N+](=O)[O-])c1. The highest BCUT2D eigenvalue weighted by atomic mass is 32.1. The molecule has 0 unspecified atom stereocenters. The van der Waals surface area contributed by atoms with E-state index in [2.05, 4.69) is 4.99 Å². The number of non-ortho nitro benzene ring substituents is 1. The van der Waals surface area contributed by atoms with Crippen molar-refractivity contribution in [1.29, 1.82) is 0 Å². The van der Waals surface area contributed by atoms with Gasteiger partial charge in [-0.3, -0.25) is 29.1 Å². The van der Waals surface area contributed by atoms with Crippen LogP contribution in [0.5, 0.6) is 0 Å². The topological polar surface area (TPSA) is 141 Å². The monoisotopic (exact) mass is 532 g/mol. The van der Waals surface area contributed by atoms with Gasteiger partial charge in [0.15, 0.2) is 4.80 Å². The lowest BCUT2D eigenvalue weighted by molar-refractivity contribution is -0.384. The van der Waals surface area contributed by atoms with E-state index in [0.29, 0.717) is 16.8 Å². The molecule has 0 saturated heterocycles. The van der Waals surface area contributed by atoms with Gasteiger partial charge in [0, 0.05) is 24.6 Å². The number of nitro benzene ring substituents is 1. The lowest BCUT2D eigenvalue weighted by Crippen LogP contribution is -2.41. The molecular weight excluding hydrogens is 512 g/mol. The molecule has 0 saturated carbocycles. The third-order valence-electron chi connectivity index (χ3n) is 6.26. The Bertz CT molecular complexity index is 1780. The maximum Gasteiger partial charge on any atom is 0.338 e. The molecule has 192 valence electrons. The average Bonchev–Trinajstić information content (AvgIpc) is 3.35. The van der Waals surface area contributed by atoms with E-state index in [1.807, 2.05) is 0 Å². The molecule has 0 bridgehead atoms. The van der Waals surface area contributed by atoms with Gasteiger partial charge >= 0.3 is 5.97 Å². The number of ether oxygens (including phenoxy) is 1. The fourth-order valence-corrected chi connectivity index (χ4v) is 5.85. The quantitative estimate of drug-likeness (QED) is 0.284. The summed E-state index contributed by atoms with van der Waals surface area (Å²) in [5, 5.41) is 11.5. The molecule has 12 heteroatoms. The number of para-hydroxylation sites is 1. The normalized spacial score (nSPS) is 17.6. The maximum absolute atomic E-state index is 14.0. The minimum absolute atomic E-state index is 0.0401. The molecule has 2 aromatic carbocycles. The van der Waals surface area contributed by atoms with Gasteiger partial charge in [-0.25, -0.2) is 14.7 Å². The average molecular weight is 533 g/mol. The molecule has 2 aliphatic rings. The molecule has 1 aromatic heterocycles. The number of benzene rings is 2. The Hall–Kier alpha value is -4.71. The van der Waals surface area contributed by atoms with Gasteiger partial charge in [0.05, 0.1) is 40.1 Å². The van der Waals surface area contributed by atoms with Crippen LogP contribution >= 0.6 is 11.3 Å². The van der Waals surface area contributed by atoms with Crippen molar-refractivity contribution in [2.24, 2.45) is 4.99 Å². The maximum atomic E-state index is 14.0. The Kier molecular flexibility index (Phi) is 6.11. The molecule has 1 atom stereocenters. The number of aromatic nitrogens is 1. The van der Waals surface area contributed by atoms with Gasteiger partial charge in [-0.1, -0.05) is 41.7 Å². The third kappa shape index (κ3) is 3.77. The van der Waals surface area contributed by atoms with Crippen LogP contribution in [0.4, 0.5) is 11.4 Å². The number of hydrogen-bond acceptors (Lipinski definition) is 9. The van der Waals surface area contributed by atoms with E-state index in [1.165, 1.54) is 29.7 Å². The predicted molar refractivity (Wildman–Crippen MR) is 137 cm³/mol. The highest BCUT2D eigenvalue weighted by molar-refractivity contribution is 7.07. The first-order chi connectivity index (χ1) is 18.1. The van der Waals surface area contributed by atoms with Gasteiger partial charge in [0.1, 0.15) is 4.53 Å². The second-order valence-corrected chi connectivity index (χ2v) is 9.50. The van der Waals surface area contributed by atoms with Crippen LogP contribution in [0.3, 0.4) is 0 Å². The van der Waals surface area contributed by atoms with E-state index in [-0.39, 0.29) is 38.5 Å². The second kappa shape index (κ2) is 9.30. The molecule has 11 nitrogen and oxygen atoms in total. The Morgan fingerprint density at radius 3 is 2.58 bits per heavy atom. The van der Waals surface area contributed by atoms with Gasteiger partial charge in [-0.2, -0.15) is 0 Å². The van der Waals surface area contributed by atoms with Gasteiger partial charge in [0.2, 0.25) is 5.91 Å². The van der Waals surface area contributed by atoms with E-state index in [0.717, 1.165) is 16.2 Å². The molecular formula is C26H20N4O7S. The van der Waals surface area contributed by atoms with Crippen molar-refractivity contribution in [2.75, 3.05) is 11.5 Å². The molecule has 38 heavy (non-hydrogen) atoms. The van der Waals surface area contributed by atoms with Crippen LogP contribution in [0, 0.1) is 10.1 Å². The van der Waals surface area contributed by atoms with Gasteiger partial charge in [0.25, 0.3) is 17.2 Å². The lowest BCUT2D eigenvalue weighted by Gasteiger charge is -2.24. The summed E-state index contributed by atoms with van der Waals surface area (Å²) in [7, 11) is 0. The molecule has 3 aromatic rings. The van der Waals surface area contributed by atoms with Crippen LogP contribution in [0.25, 0.3) is 5.57 Å². The highest BCUT2D eigenvalue weighted by Crippen LogP contribution is 2.36. The Morgan fingerprint density at radius 2 is 1.89 bits per heavy atom. The summed E-state index contributed by atoms with van der Waals surface area (Å²) in [5.74, 6) is -1.86. The number of hydrogen-bond donors (Lipinski definition) is 0. The minimum atomic E-state index is -1.09. The van der Waals surface area contributed by atoms with Crippen molar-refractivity contribution >= 4 is 46.1 Å². The number of allylic oxidation sites excluding steroid dienone is 1. The number of imide groups is 1. The third-order valence-corrected chi connectivity index (χ3v) is 7.32. The number of carbonyl (C=O) groups is 3. The number of carbonyl (C=O) groups excluding carboxylic acids is 3. The predicted octanol–water partition coefficient (Wildman–Crippen LogP) is 1.97. The molecule has 5 rings (SSSR count). The molecule has 2 aliphatic heterocycles. The van der Waals surface area contributed by atoms with Crippen LogP contribution < -0.4 is 19.8 Å². The summed E-state index contributed by atoms with van der Waals surface area (Å²) in [4.78, 5) is 69.3. The molecule has 3 heterocycles. The first-order valence-electron chi connectivity index (χ1n) is 11.6. The summed E-state index contributed by atoms with van der Waals surface area (Å²) < 4.78 is 6.53. The van der Waals surface area contributed by atoms with Crippen molar-refractivity contribution in [3.05, 3.63) is 101 Å². The second-order valence-electron chi connectivity index (χ2n) is 8.53. The van der Waals surface area contributed by atoms with Crippen molar-refractivity contribution in [3.63, 3.8) is 0 Å². The number of thiazole rings is 1. The zero-order valence-electron chi connectivity index (χ0n) is 20.5. The molecule has 0 N–H and O–H groups in total. The number of nitrogens with zero attached hydrogens (tertiary/aromatic N) is 4. The molecule has 0 spiro atoms. The van der Waals surface area contributed by atoms with Crippen LogP contribution in [0.15, 0.2) is 69.6 Å². The van der Waals surface area contributed by atoms with E-state index in [1.54, 1.807) is 44.2 Å². The van der Waals surface area contributed by atoms with E-state index < -0.39 is 34.3 Å². The van der Waals surface area contributed by atoms with E-state index >= 15 is 0 Å². The van der Waals surface area contributed by atoms with Gasteiger partial charge < -0.3 is 4.74 Å². The summed E-state index contributed by atoms with van der Waals surface area (Å²) >= 11 is 0.948. The van der Waals surface area contributed by atoms with Crippen molar-refractivity contribution in [1.82, 2.24) is 4.57 Å². The minimum Gasteiger partial charge on any atom is -0.463 e. The van der Waals surface area contributed by atoms with Crippen LogP contribution in [0.2, 0.25) is 0 Å². The first-order valence-corrected chi connectivity index (χ1v) is 12.4. The standard InChI is InChI=1S/C26H20N4O7S/c1-4-37-25(34)19-13(2)27-26-29(21(19)15-8-7-9-16(12-15)30(35)36)24(33)22(38-26)20-17-10-5-6-11-18(17)28(14(3)31)23(20)32/h5-12,21H,4H2,1-3H3/b22-20-/t21-/m1/s1. The first kappa shape index (κ1) is 25.0. The number of rotatable bonds is 4. The van der Waals surface area contributed by atoms with Crippen LogP contribution in [-0.2, 0) is 19.1 Å². The van der Waals surface area contributed by atoms with Crippen molar-refractivity contribution < 1.29 is 24.0 Å². The number of esters is 1. The summed E-state index contributed by atoms with van der Waals surface area (Å²) in [6, 6.07) is 11.2. The van der Waals surface area contributed by atoms with Crippen LogP contribution in [-0.4, -0.2) is 33.9 Å². The number of anilines is 1. The smallest absolute Gasteiger partial charge is 0.338 e. The fourth-order valence-electron chi connectivity index (χ4n) is 4.71. The Morgan fingerprint density at radius 1 is 1.16 bits per heavy atom. The van der Waals surface area contributed by atoms with E-state index in [4.69, 9.17) is 4.74 Å². The van der Waals surface area contributed by atoms with E-state index in [9.17, 15) is 29.3 Å². The molecule has 0 radical (unpaired) electrons. The summed E-state index contributed by atoms with van der Waals surface area (Å²) in [6.07, 6.45) is 0. The number of amides is 2.